The van der Waals surface area contributed by atoms with Crippen LogP contribution in [0.1, 0.15) is 5.56 Å². The molecule has 0 bridgehead atoms. The van der Waals surface area contributed by atoms with Gasteiger partial charge in [-0.2, -0.15) is 5.10 Å². The van der Waals surface area contributed by atoms with Crippen LogP contribution in [0.2, 0.25) is 0 Å². The van der Waals surface area contributed by atoms with Crippen molar-refractivity contribution in [3.05, 3.63) is 81.7 Å². The molecule has 0 radical (unpaired) electrons. The SMILES string of the molecule is COc1ccc(Cn2nc(-c3cccs3)c3ccccc3c2=O)cc1F. The Bertz CT molecular complexity index is 1140. The molecule has 0 saturated heterocycles. The summed E-state index contributed by atoms with van der Waals surface area (Å²) in [6, 6.07) is 16.0. The Morgan fingerprint density at radius 3 is 2.62 bits per heavy atom. The molecule has 0 aliphatic rings. The maximum atomic E-state index is 14.0. The van der Waals surface area contributed by atoms with Crippen LogP contribution in [0, 0.1) is 5.82 Å². The molecule has 0 aliphatic heterocycles. The molecule has 130 valence electrons. The highest BCUT2D eigenvalue weighted by Gasteiger charge is 2.13. The van der Waals surface area contributed by atoms with Crippen LogP contribution in [0.5, 0.6) is 5.75 Å². The van der Waals surface area contributed by atoms with Crippen molar-refractivity contribution in [3.63, 3.8) is 0 Å². The number of nitrogens with zero attached hydrogens (tertiary/aromatic N) is 2. The van der Waals surface area contributed by atoms with Gasteiger partial charge in [0.25, 0.3) is 5.56 Å². The van der Waals surface area contributed by atoms with E-state index in [1.807, 2.05) is 35.7 Å². The van der Waals surface area contributed by atoms with Crippen molar-refractivity contribution in [2.24, 2.45) is 0 Å². The smallest absolute Gasteiger partial charge is 0.274 e. The van der Waals surface area contributed by atoms with Crippen LogP contribution in [0.15, 0.2) is 64.8 Å². The predicted molar refractivity (Wildman–Crippen MR) is 101 cm³/mol. The maximum absolute atomic E-state index is 14.0. The van der Waals surface area contributed by atoms with Gasteiger partial charge in [0.2, 0.25) is 0 Å². The van der Waals surface area contributed by atoms with Crippen molar-refractivity contribution in [1.82, 2.24) is 9.78 Å². The molecule has 4 aromatic rings. The Labute approximate surface area is 153 Å². The number of hydrogen-bond acceptors (Lipinski definition) is 4. The summed E-state index contributed by atoms with van der Waals surface area (Å²) in [5.74, 6) is -0.288. The molecule has 2 heterocycles. The fraction of sp³-hybridized carbons (Fsp3) is 0.100. The number of benzene rings is 2. The van der Waals surface area contributed by atoms with Crippen molar-refractivity contribution < 1.29 is 9.13 Å². The summed E-state index contributed by atoms with van der Waals surface area (Å²) in [6.45, 7) is 0.183. The van der Waals surface area contributed by atoms with E-state index in [1.54, 1.807) is 29.5 Å². The van der Waals surface area contributed by atoms with E-state index in [9.17, 15) is 9.18 Å². The van der Waals surface area contributed by atoms with Gasteiger partial charge in [-0.3, -0.25) is 4.79 Å². The summed E-state index contributed by atoms with van der Waals surface area (Å²) in [5, 5.41) is 7.96. The zero-order valence-electron chi connectivity index (χ0n) is 14.0. The lowest BCUT2D eigenvalue weighted by molar-refractivity contribution is 0.386. The largest absolute Gasteiger partial charge is 0.494 e. The van der Waals surface area contributed by atoms with Gasteiger partial charge in [0.05, 0.1) is 23.9 Å². The third kappa shape index (κ3) is 2.88. The van der Waals surface area contributed by atoms with Crippen molar-refractivity contribution in [3.8, 4) is 16.3 Å². The first-order valence-electron chi connectivity index (χ1n) is 8.03. The molecular formula is C20H15FN2O2S. The van der Waals surface area contributed by atoms with Gasteiger partial charge in [-0.1, -0.05) is 30.3 Å². The van der Waals surface area contributed by atoms with Gasteiger partial charge in [0.15, 0.2) is 11.6 Å². The van der Waals surface area contributed by atoms with Gasteiger partial charge in [-0.15, -0.1) is 11.3 Å². The number of fused-ring (bicyclic) bond motifs is 1. The van der Waals surface area contributed by atoms with Crippen LogP contribution in [-0.4, -0.2) is 16.9 Å². The normalized spacial score (nSPS) is 11.0. The number of methoxy groups -OCH3 is 1. The van der Waals surface area contributed by atoms with Crippen LogP contribution < -0.4 is 10.3 Å². The van der Waals surface area contributed by atoms with E-state index < -0.39 is 5.82 Å². The highest BCUT2D eigenvalue weighted by Crippen LogP contribution is 2.28. The Kier molecular flexibility index (Phi) is 4.26. The van der Waals surface area contributed by atoms with Crippen molar-refractivity contribution in [2.45, 2.75) is 6.54 Å². The summed E-state index contributed by atoms with van der Waals surface area (Å²) in [6.07, 6.45) is 0. The first-order valence-corrected chi connectivity index (χ1v) is 8.91. The quantitative estimate of drug-likeness (QED) is 0.540. The van der Waals surface area contributed by atoms with Gasteiger partial charge < -0.3 is 4.74 Å². The summed E-state index contributed by atoms with van der Waals surface area (Å²) >= 11 is 1.56. The lowest BCUT2D eigenvalue weighted by Gasteiger charge is -2.11. The van der Waals surface area contributed by atoms with Crippen molar-refractivity contribution in [1.29, 1.82) is 0 Å². The predicted octanol–water partition coefficient (Wildman–Crippen LogP) is 4.32. The summed E-state index contributed by atoms with van der Waals surface area (Å²) in [7, 11) is 1.42. The summed E-state index contributed by atoms with van der Waals surface area (Å²) in [4.78, 5) is 13.8. The molecule has 2 aromatic carbocycles. The van der Waals surface area contributed by atoms with Crippen LogP contribution in [0.3, 0.4) is 0 Å². The molecule has 0 aliphatic carbocycles. The molecular weight excluding hydrogens is 351 g/mol. The maximum Gasteiger partial charge on any atom is 0.274 e. The zero-order valence-corrected chi connectivity index (χ0v) is 14.8. The Balaban J connectivity index is 1.86. The standard InChI is InChI=1S/C20H15FN2O2S/c1-25-17-9-8-13(11-16(17)21)12-23-20(24)15-6-3-2-5-14(15)19(22-23)18-7-4-10-26-18/h2-11H,12H2,1H3. The lowest BCUT2D eigenvalue weighted by Crippen LogP contribution is -2.24. The molecule has 26 heavy (non-hydrogen) atoms. The first-order chi connectivity index (χ1) is 12.7. The summed E-state index contributed by atoms with van der Waals surface area (Å²) in [5.41, 5.74) is 1.20. The molecule has 0 atom stereocenters. The average Bonchev–Trinajstić information content (AvgIpc) is 3.19. The van der Waals surface area contributed by atoms with E-state index in [1.165, 1.54) is 17.9 Å². The molecule has 0 unspecified atom stereocenters. The van der Waals surface area contributed by atoms with Gasteiger partial charge in [-0.05, 0) is 35.2 Å². The third-order valence-corrected chi connectivity index (χ3v) is 5.05. The van der Waals surface area contributed by atoms with Gasteiger partial charge in [-0.25, -0.2) is 9.07 Å². The van der Waals surface area contributed by atoms with Gasteiger partial charge in [0.1, 0.15) is 5.69 Å². The average molecular weight is 366 g/mol. The molecule has 0 spiro atoms. The monoisotopic (exact) mass is 366 g/mol. The number of aromatic nitrogens is 2. The molecule has 6 heteroatoms. The van der Waals surface area contributed by atoms with E-state index in [0.29, 0.717) is 10.9 Å². The fourth-order valence-electron chi connectivity index (χ4n) is 2.92. The fourth-order valence-corrected chi connectivity index (χ4v) is 3.64. The second-order valence-corrected chi connectivity index (χ2v) is 6.75. The third-order valence-electron chi connectivity index (χ3n) is 4.17. The molecule has 0 amide bonds. The Hall–Kier alpha value is -2.99. The summed E-state index contributed by atoms with van der Waals surface area (Å²) < 4.78 is 20.3. The minimum Gasteiger partial charge on any atom is -0.494 e. The van der Waals surface area contributed by atoms with Gasteiger partial charge >= 0.3 is 0 Å². The van der Waals surface area contributed by atoms with E-state index in [-0.39, 0.29) is 17.9 Å². The number of hydrogen-bond donors (Lipinski definition) is 0. The minimum absolute atomic E-state index is 0.173. The van der Waals surface area contributed by atoms with Crippen LogP contribution in [-0.2, 0) is 6.54 Å². The van der Waals surface area contributed by atoms with Crippen LogP contribution in [0.4, 0.5) is 4.39 Å². The first kappa shape index (κ1) is 16.5. The number of halogens is 1. The molecule has 2 aromatic heterocycles. The zero-order chi connectivity index (χ0) is 18.1. The second-order valence-electron chi connectivity index (χ2n) is 5.80. The molecule has 0 fully saturated rings. The topological polar surface area (TPSA) is 44.1 Å². The lowest BCUT2D eigenvalue weighted by atomic mass is 10.1. The number of rotatable bonds is 4. The van der Waals surface area contributed by atoms with E-state index in [2.05, 4.69) is 5.10 Å². The molecule has 4 nitrogen and oxygen atoms in total. The second kappa shape index (κ2) is 6.72. The van der Waals surface area contributed by atoms with Crippen LogP contribution >= 0.6 is 11.3 Å². The van der Waals surface area contributed by atoms with E-state index in [0.717, 1.165) is 16.0 Å². The highest BCUT2D eigenvalue weighted by molar-refractivity contribution is 7.13. The van der Waals surface area contributed by atoms with Gasteiger partial charge in [0, 0.05) is 5.39 Å². The van der Waals surface area contributed by atoms with Crippen molar-refractivity contribution in [2.75, 3.05) is 7.11 Å². The molecule has 4 rings (SSSR count). The number of ether oxygens (including phenoxy) is 1. The molecule has 0 N–H and O–H groups in total. The van der Waals surface area contributed by atoms with E-state index in [4.69, 9.17) is 4.74 Å². The Morgan fingerprint density at radius 2 is 1.92 bits per heavy atom. The Morgan fingerprint density at radius 1 is 1.12 bits per heavy atom. The van der Waals surface area contributed by atoms with Crippen LogP contribution in [0.25, 0.3) is 21.3 Å². The number of thiophene rings is 1. The van der Waals surface area contributed by atoms with Crippen molar-refractivity contribution >= 4 is 22.1 Å². The molecule has 0 saturated carbocycles. The highest BCUT2D eigenvalue weighted by atomic mass is 32.1. The van der Waals surface area contributed by atoms with E-state index >= 15 is 0 Å². The minimum atomic E-state index is -0.461.